The highest BCUT2D eigenvalue weighted by molar-refractivity contribution is 5.45. The molecule has 2 aromatic rings. The smallest absolute Gasteiger partial charge is 0.0470 e. The summed E-state index contributed by atoms with van der Waals surface area (Å²) in [6.07, 6.45) is 0.920. The molecule has 0 bridgehead atoms. The lowest BCUT2D eigenvalue weighted by atomic mass is 10.1. The first-order valence-electron chi connectivity index (χ1n) is 6.63. The van der Waals surface area contributed by atoms with Gasteiger partial charge in [0.2, 0.25) is 0 Å². The minimum Gasteiger partial charge on any atom is -0.383 e. The Morgan fingerprint density at radius 2 is 1.63 bits per heavy atom. The molecule has 0 radical (unpaired) electrons. The van der Waals surface area contributed by atoms with E-state index in [9.17, 15) is 0 Å². The number of anilines is 1. The molecule has 0 heterocycles. The molecule has 3 heteroatoms. The van der Waals surface area contributed by atoms with Crippen LogP contribution >= 0.6 is 0 Å². The van der Waals surface area contributed by atoms with E-state index in [0.29, 0.717) is 6.54 Å². The third kappa shape index (κ3) is 4.09. The molecule has 0 aliphatic heterocycles. The molecule has 0 amide bonds. The highest BCUT2D eigenvalue weighted by Gasteiger charge is 2.04. The number of rotatable bonds is 6. The third-order valence-corrected chi connectivity index (χ3v) is 3.14. The topological polar surface area (TPSA) is 64.1 Å². The molecule has 0 aliphatic carbocycles. The summed E-state index contributed by atoms with van der Waals surface area (Å²) in [5.74, 6) is 0. The van der Waals surface area contributed by atoms with Gasteiger partial charge in [-0.3, -0.25) is 0 Å². The molecular weight excluding hydrogens is 234 g/mol. The van der Waals surface area contributed by atoms with Crippen molar-refractivity contribution < 1.29 is 0 Å². The van der Waals surface area contributed by atoms with Gasteiger partial charge in [-0.25, -0.2) is 0 Å². The highest BCUT2D eigenvalue weighted by atomic mass is 14.9. The summed E-state index contributed by atoms with van der Waals surface area (Å²) >= 11 is 0. The Kier molecular flexibility index (Phi) is 4.95. The Morgan fingerprint density at radius 3 is 2.26 bits per heavy atom. The van der Waals surface area contributed by atoms with Gasteiger partial charge in [0, 0.05) is 18.3 Å². The Hall–Kier alpha value is -1.84. The molecule has 2 rings (SSSR count). The molecule has 0 aliphatic rings. The van der Waals surface area contributed by atoms with Gasteiger partial charge in [0.05, 0.1) is 0 Å². The van der Waals surface area contributed by atoms with Crippen molar-refractivity contribution in [1.82, 2.24) is 0 Å². The molecule has 0 spiro atoms. The van der Waals surface area contributed by atoms with Gasteiger partial charge in [-0.15, -0.1) is 0 Å². The maximum atomic E-state index is 6.14. The van der Waals surface area contributed by atoms with Crippen molar-refractivity contribution in [2.45, 2.75) is 12.5 Å². The monoisotopic (exact) mass is 255 g/mol. The fraction of sp³-hybridized carbons (Fsp3) is 0.250. The molecular formula is C16H21N3. The van der Waals surface area contributed by atoms with E-state index in [2.05, 4.69) is 41.7 Å². The molecule has 0 fully saturated rings. The summed E-state index contributed by atoms with van der Waals surface area (Å²) in [4.78, 5) is 0. The fourth-order valence-corrected chi connectivity index (χ4v) is 2.00. The zero-order valence-electron chi connectivity index (χ0n) is 11.0. The molecule has 19 heavy (non-hydrogen) atoms. The van der Waals surface area contributed by atoms with Crippen LogP contribution in [-0.2, 0) is 6.42 Å². The maximum absolute atomic E-state index is 6.14. The Bertz CT molecular complexity index is 479. The SMILES string of the molecule is NCCc1ccc(NC[C@@H](N)c2ccccc2)cc1. The molecule has 1 atom stereocenters. The molecule has 0 aromatic heterocycles. The zero-order chi connectivity index (χ0) is 13.5. The first kappa shape index (κ1) is 13.6. The van der Waals surface area contributed by atoms with E-state index in [4.69, 9.17) is 11.5 Å². The summed E-state index contributed by atoms with van der Waals surface area (Å²) in [6.45, 7) is 1.41. The minimum atomic E-state index is 0.00455. The van der Waals surface area contributed by atoms with E-state index in [1.54, 1.807) is 0 Å². The number of nitrogens with one attached hydrogen (secondary N) is 1. The largest absolute Gasteiger partial charge is 0.383 e. The molecule has 0 unspecified atom stereocenters. The number of nitrogens with two attached hydrogens (primary N) is 2. The van der Waals surface area contributed by atoms with Crippen molar-refractivity contribution in [2.24, 2.45) is 11.5 Å². The number of hydrogen-bond donors (Lipinski definition) is 3. The first-order valence-corrected chi connectivity index (χ1v) is 6.63. The van der Waals surface area contributed by atoms with Gasteiger partial charge >= 0.3 is 0 Å². The summed E-state index contributed by atoms with van der Waals surface area (Å²) < 4.78 is 0. The number of hydrogen-bond acceptors (Lipinski definition) is 3. The van der Waals surface area contributed by atoms with Gasteiger partial charge in [-0.05, 0) is 36.2 Å². The van der Waals surface area contributed by atoms with Crippen LogP contribution < -0.4 is 16.8 Å². The van der Waals surface area contributed by atoms with Crippen molar-refractivity contribution in [3.05, 3.63) is 65.7 Å². The lowest BCUT2D eigenvalue weighted by molar-refractivity contribution is 0.764. The molecule has 100 valence electrons. The Balaban J connectivity index is 1.88. The van der Waals surface area contributed by atoms with Crippen LogP contribution in [0.15, 0.2) is 54.6 Å². The van der Waals surface area contributed by atoms with E-state index in [1.807, 2.05) is 18.2 Å². The van der Waals surface area contributed by atoms with Gasteiger partial charge in [-0.2, -0.15) is 0 Å². The van der Waals surface area contributed by atoms with Gasteiger partial charge in [0.1, 0.15) is 0 Å². The number of benzene rings is 2. The Labute approximate surface area is 114 Å². The van der Waals surface area contributed by atoms with E-state index in [1.165, 1.54) is 5.56 Å². The standard InChI is InChI=1S/C16H21N3/c17-11-10-13-6-8-15(9-7-13)19-12-16(18)14-4-2-1-3-5-14/h1-9,16,19H,10-12,17-18H2/t16-/m1/s1. The van der Waals surface area contributed by atoms with Crippen molar-refractivity contribution in [2.75, 3.05) is 18.4 Å². The predicted molar refractivity (Wildman–Crippen MR) is 81.1 cm³/mol. The highest BCUT2D eigenvalue weighted by Crippen LogP contribution is 2.13. The second kappa shape index (κ2) is 6.92. The summed E-state index contributed by atoms with van der Waals surface area (Å²) in [5, 5.41) is 3.36. The average Bonchev–Trinajstić information content (AvgIpc) is 2.47. The van der Waals surface area contributed by atoms with Crippen LogP contribution in [0.2, 0.25) is 0 Å². The normalized spacial score (nSPS) is 12.1. The van der Waals surface area contributed by atoms with Gasteiger partial charge < -0.3 is 16.8 Å². The molecule has 2 aromatic carbocycles. The van der Waals surface area contributed by atoms with Crippen molar-refractivity contribution in [3.63, 3.8) is 0 Å². The van der Waals surface area contributed by atoms with Crippen LogP contribution in [0.1, 0.15) is 17.2 Å². The fourth-order valence-electron chi connectivity index (χ4n) is 2.00. The quantitative estimate of drug-likeness (QED) is 0.742. The zero-order valence-corrected chi connectivity index (χ0v) is 11.0. The second-order valence-corrected chi connectivity index (χ2v) is 4.63. The summed E-state index contributed by atoms with van der Waals surface area (Å²) in [5.41, 5.74) is 15.2. The minimum absolute atomic E-state index is 0.00455. The molecule has 3 nitrogen and oxygen atoms in total. The van der Waals surface area contributed by atoms with Crippen LogP contribution in [0.3, 0.4) is 0 Å². The van der Waals surface area contributed by atoms with E-state index < -0.39 is 0 Å². The average molecular weight is 255 g/mol. The Morgan fingerprint density at radius 1 is 0.947 bits per heavy atom. The van der Waals surface area contributed by atoms with Crippen LogP contribution in [0.25, 0.3) is 0 Å². The van der Waals surface area contributed by atoms with Crippen LogP contribution in [0.5, 0.6) is 0 Å². The summed E-state index contributed by atoms with van der Waals surface area (Å²) in [7, 11) is 0. The lowest BCUT2D eigenvalue weighted by Gasteiger charge is -2.14. The predicted octanol–water partition coefficient (Wildman–Crippen LogP) is 2.30. The summed E-state index contributed by atoms with van der Waals surface area (Å²) in [6, 6.07) is 18.5. The first-order chi connectivity index (χ1) is 9.29. The van der Waals surface area contributed by atoms with Crippen LogP contribution in [0.4, 0.5) is 5.69 Å². The van der Waals surface area contributed by atoms with E-state index in [0.717, 1.165) is 24.2 Å². The van der Waals surface area contributed by atoms with Gasteiger partial charge in [0.25, 0.3) is 0 Å². The van der Waals surface area contributed by atoms with Crippen molar-refractivity contribution in [3.8, 4) is 0 Å². The van der Waals surface area contributed by atoms with E-state index in [-0.39, 0.29) is 6.04 Å². The van der Waals surface area contributed by atoms with Gasteiger partial charge in [0.15, 0.2) is 0 Å². The second-order valence-electron chi connectivity index (χ2n) is 4.63. The molecule has 0 saturated heterocycles. The molecule has 5 N–H and O–H groups in total. The lowest BCUT2D eigenvalue weighted by Crippen LogP contribution is -2.20. The van der Waals surface area contributed by atoms with E-state index >= 15 is 0 Å². The third-order valence-electron chi connectivity index (χ3n) is 3.14. The van der Waals surface area contributed by atoms with Crippen LogP contribution in [-0.4, -0.2) is 13.1 Å². The maximum Gasteiger partial charge on any atom is 0.0470 e. The van der Waals surface area contributed by atoms with Crippen LogP contribution in [0, 0.1) is 0 Å². The van der Waals surface area contributed by atoms with Gasteiger partial charge in [-0.1, -0.05) is 42.5 Å². The van der Waals surface area contributed by atoms with Crippen molar-refractivity contribution in [1.29, 1.82) is 0 Å². The van der Waals surface area contributed by atoms with Crippen molar-refractivity contribution >= 4 is 5.69 Å². The molecule has 0 saturated carbocycles.